The molecule has 0 bridgehead atoms. The first-order valence-electron chi connectivity index (χ1n) is 2.39. The number of nitrogen functional groups attached to an aromatic ring is 2. The van der Waals surface area contributed by atoms with E-state index in [1.807, 2.05) is 13.0 Å². The summed E-state index contributed by atoms with van der Waals surface area (Å²) >= 11 is 0. The molecule has 0 saturated heterocycles. The summed E-state index contributed by atoms with van der Waals surface area (Å²) in [6.07, 6.45) is 1.68. The highest BCUT2D eigenvalue weighted by atomic mass is 15.3. The van der Waals surface area contributed by atoms with Crippen molar-refractivity contribution in [3.63, 3.8) is 0 Å². The maximum Gasteiger partial charge on any atom is 0.0517 e. The van der Waals surface area contributed by atoms with Gasteiger partial charge in [0.1, 0.15) is 0 Å². The van der Waals surface area contributed by atoms with Gasteiger partial charge in [-0.3, -0.25) is 4.68 Å². The number of rotatable bonds is 0. The van der Waals surface area contributed by atoms with Gasteiger partial charge in [0, 0.05) is 11.9 Å². The highest BCUT2D eigenvalue weighted by molar-refractivity contribution is 5.38. The molecule has 0 aliphatic carbocycles. The van der Waals surface area contributed by atoms with Crippen LogP contribution in [0.5, 0.6) is 0 Å². The zero-order chi connectivity index (χ0) is 6.15. The van der Waals surface area contributed by atoms with Crippen LogP contribution in [0.2, 0.25) is 0 Å². The van der Waals surface area contributed by atoms with E-state index < -0.39 is 0 Å². The number of hydrogen-bond acceptors (Lipinski definition) is 2. The van der Waals surface area contributed by atoms with E-state index in [2.05, 4.69) is 0 Å². The third-order valence-corrected chi connectivity index (χ3v) is 1.07. The van der Waals surface area contributed by atoms with Crippen molar-refractivity contribution in [1.82, 2.24) is 4.68 Å². The van der Waals surface area contributed by atoms with Crippen molar-refractivity contribution in [3.05, 3.63) is 18.0 Å². The summed E-state index contributed by atoms with van der Waals surface area (Å²) in [5.74, 6) is 5.38. The Kier molecular flexibility index (Phi) is 0.901. The van der Waals surface area contributed by atoms with Crippen molar-refractivity contribution in [1.29, 1.82) is 0 Å². The Labute approximate surface area is 47.9 Å². The molecule has 0 fully saturated rings. The molecule has 0 amide bonds. The standard InChI is InChI=1S/C5H9N3/c1-4-2-5(6)3-8(4)7/h2-3H,6-7H2,1H3. The largest absolute Gasteiger partial charge is 0.397 e. The van der Waals surface area contributed by atoms with Crippen molar-refractivity contribution in [2.75, 3.05) is 11.6 Å². The second-order valence-corrected chi connectivity index (χ2v) is 1.82. The summed E-state index contributed by atoms with van der Waals surface area (Å²) in [7, 11) is 0. The molecule has 44 valence electrons. The zero-order valence-corrected chi connectivity index (χ0v) is 4.76. The Hall–Kier alpha value is -1.12. The van der Waals surface area contributed by atoms with Gasteiger partial charge in [-0.15, -0.1) is 0 Å². The van der Waals surface area contributed by atoms with Crippen LogP contribution in [0.3, 0.4) is 0 Å². The van der Waals surface area contributed by atoms with Crippen LogP contribution < -0.4 is 11.6 Å². The van der Waals surface area contributed by atoms with Gasteiger partial charge in [-0.05, 0) is 13.0 Å². The van der Waals surface area contributed by atoms with E-state index in [4.69, 9.17) is 11.6 Å². The van der Waals surface area contributed by atoms with Crippen LogP contribution >= 0.6 is 0 Å². The SMILES string of the molecule is Cc1cc(N)cn1N. The molecule has 8 heavy (non-hydrogen) atoms. The van der Waals surface area contributed by atoms with Gasteiger partial charge < -0.3 is 11.6 Å². The molecular formula is C5H9N3. The zero-order valence-electron chi connectivity index (χ0n) is 4.76. The fraction of sp³-hybridized carbons (Fsp3) is 0.200. The molecule has 4 N–H and O–H groups in total. The lowest BCUT2D eigenvalue weighted by Crippen LogP contribution is -2.07. The number of nitrogens with two attached hydrogens (primary N) is 2. The van der Waals surface area contributed by atoms with Gasteiger partial charge in [0.25, 0.3) is 0 Å². The normalized spacial score (nSPS) is 9.62. The number of aryl methyl sites for hydroxylation is 1. The molecular weight excluding hydrogens is 102 g/mol. The molecule has 3 nitrogen and oxygen atoms in total. The molecule has 1 heterocycles. The molecule has 0 atom stereocenters. The van der Waals surface area contributed by atoms with Crippen LogP contribution in [0.25, 0.3) is 0 Å². The predicted octanol–water partition coefficient (Wildman–Crippen LogP) is 0.0925. The first kappa shape index (κ1) is 5.03. The van der Waals surface area contributed by atoms with E-state index >= 15 is 0 Å². The number of aromatic nitrogens is 1. The van der Waals surface area contributed by atoms with Crippen LogP contribution in [0.15, 0.2) is 12.3 Å². The first-order valence-corrected chi connectivity index (χ1v) is 2.39. The maximum absolute atomic E-state index is 5.38. The van der Waals surface area contributed by atoms with E-state index in [0.717, 1.165) is 5.69 Å². The number of anilines is 1. The van der Waals surface area contributed by atoms with Crippen LogP contribution in [0.1, 0.15) is 5.69 Å². The van der Waals surface area contributed by atoms with Gasteiger partial charge in [0.15, 0.2) is 0 Å². The lowest BCUT2D eigenvalue weighted by molar-refractivity contribution is 0.962. The van der Waals surface area contributed by atoms with E-state index in [-0.39, 0.29) is 0 Å². The minimum absolute atomic E-state index is 0.713. The molecule has 0 aromatic carbocycles. The second kappa shape index (κ2) is 1.43. The van der Waals surface area contributed by atoms with Crippen molar-refractivity contribution < 1.29 is 0 Å². The summed E-state index contributed by atoms with van der Waals surface area (Å²) in [6, 6.07) is 1.82. The molecule has 0 aliphatic rings. The van der Waals surface area contributed by atoms with Crippen LogP contribution in [0.4, 0.5) is 5.69 Å². The smallest absolute Gasteiger partial charge is 0.0517 e. The van der Waals surface area contributed by atoms with Crippen LogP contribution in [-0.4, -0.2) is 4.68 Å². The number of hydrogen-bond donors (Lipinski definition) is 2. The molecule has 1 rings (SSSR count). The molecule has 0 radical (unpaired) electrons. The van der Waals surface area contributed by atoms with Crippen LogP contribution in [-0.2, 0) is 0 Å². The maximum atomic E-state index is 5.38. The molecule has 0 spiro atoms. The third-order valence-electron chi connectivity index (χ3n) is 1.07. The Bertz CT molecular complexity index is 170. The van der Waals surface area contributed by atoms with Gasteiger partial charge in [0.05, 0.1) is 5.69 Å². The van der Waals surface area contributed by atoms with Gasteiger partial charge in [0.2, 0.25) is 0 Å². The molecule has 0 aliphatic heterocycles. The Balaban J connectivity index is 3.14. The topological polar surface area (TPSA) is 57.0 Å². The number of nitrogens with zero attached hydrogens (tertiary/aromatic N) is 1. The van der Waals surface area contributed by atoms with E-state index in [1.165, 1.54) is 4.68 Å². The average molecular weight is 111 g/mol. The van der Waals surface area contributed by atoms with E-state index in [0.29, 0.717) is 5.69 Å². The highest BCUT2D eigenvalue weighted by Crippen LogP contribution is 2.03. The van der Waals surface area contributed by atoms with Crippen molar-refractivity contribution in [3.8, 4) is 0 Å². The van der Waals surface area contributed by atoms with Crippen molar-refractivity contribution >= 4 is 5.69 Å². The summed E-state index contributed by atoms with van der Waals surface area (Å²) in [6.45, 7) is 1.90. The third kappa shape index (κ3) is 0.621. The lowest BCUT2D eigenvalue weighted by atomic mass is 10.5. The fourth-order valence-electron chi connectivity index (χ4n) is 0.615. The predicted molar refractivity (Wildman–Crippen MR) is 33.7 cm³/mol. The molecule has 3 heteroatoms. The van der Waals surface area contributed by atoms with Crippen molar-refractivity contribution in [2.24, 2.45) is 0 Å². The summed E-state index contributed by atoms with van der Waals surface area (Å²) < 4.78 is 1.50. The van der Waals surface area contributed by atoms with Crippen LogP contribution in [0, 0.1) is 6.92 Å². The Morgan fingerprint density at radius 1 is 1.62 bits per heavy atom. The lowest BCUT2D eigenvalue weighted by Gasteiger charge is -1.90. The van der Waals surface area contributed by atoms with Crippen molar-refractivity contribution in [2.45, 2.75) is 6.92 Å². The minimum Gasteiger partial charge on any atom is -0.397 e. The molecule has 1 aromatic heterocycles. The fourth-order valence-corrected chi connectivity index (χ4v) is 0.615. The Morgan fingerprint density at radius 3 is 2.38 bits per heavy atom. The quantitative estimate of drug-likeness (QED) is 0.466. The molecule has 0 unspecified atom stereocenters. The van der Waals surface area contributed by atoms with Gasteiger partial charge >= 0.3 is 0 Å². The average Bonchev–Trinajstić information content (AvgIpc) is 1.85. The Morgan fingerprint density at radius 2 is 2.25 bits per heavy atom. The monoisotopic (exact) mass is 111 g/mol. The van der Waals surface area contributed by atoms with E-state index in [1.54, 1.807) is 6.20 Å². The van der Waals surface area contributed by atoms with E-state index in [9.17, 15) is 0 Å². The second-order valence-electron chi connectivity index (χ2n) is 1.82. The van der Waals surface area contributed by atoms with Gasteiger partial charge in [-0.25, -0.2) is 0 Å². The summed E-state index contributed by atoms with van der Waals surface area (Å²) in [5.41, 5.74) is 7.07. The molecule has 0 saturated carbocycles. The molecule has 1 aromatic rings. The highest BCUT2D eigenvalue weighted by Gasteiger charge is 1.91. The van der Waals surface area contributed by atoms with Gasteiger partial charge in [-0.1, -0.05) is 0 Å². The van der Waals surface area contributed by atoms with Gasteiger partial charge in [-0.2, -0.15) is 0 Å². The summed E-state index contributed by atoms with van der Waals surface area (Å²) in [4.78, 5) is 0. The first-order chi connectivity index (χ1) is 3.70. The minimum atomic E-state index is 0.713. The summed E-state index contributed by atoms with van der Waals surface area (Å²) in [5, 5.41) is 0.